The number of hydrogen-bond donors (Lipinski definition) is 2. The van der Waals surface area contributed by atoms with Crippen molar-refractivity contribution in [2.75, 3.05) is 6.61 Å². The summed E-state index contributed by atoms with van der Waals surface area (Å²) in [6.07, 6.45) is 0.809. The lowest BCUT2D eigenvalue weighted by atomic mass is 9.95. The molecule has 0 saturated carbocycles. The Bertz CT molecular complexity index is 232. The van der Waals surface area contributed by atoms with Gasteiger partial charge in [-0.25, -0.2) is 4.79 Å². The first-order valence-electron chi connectivity index (χ1n) is 4.44. The maximum Gasteiger partial charge on any atom is 0.337 e. The van der Waals surface area contributed by atoms with Gasteiger partial charge in [0, 0.05) is 0 Å². The van der Waals surface area contributed by atoms with Crippen LogP contribution in [0.5, 0.6) is 0 Å². The van der Waals surface area contributed by atoms with Gasteiger partial charge in [0.05, 0.1) is 12.2 Å². The van der Waals surface area contributed by atoms with Gasteiger partial charge in [-0.3, -0.25) is 0 Å². The molecule has 1 unspecified atom stereocenters. The second-order valence-electron chi connectivity index (χ2n) is 2.99. The van der Waals surface area contributed by atoms with Crippen molar-refractivity contribution >= 4 is 5.97 Å². The number of esters is 1. The Morgan fingerprint density at radius 2 is 2.38 bits per heavy atom. The summed E-state index contributed by atoms with van der Waals surface area (Å²) in [5, 5.41) is 18.6. The van der Waals surface area contributed by atoms with Crippen molar-refractivity contribution in [1.29, 1.82) is 0 Å². The van der Waals surface area contributed by atoms with Crippen LogP contribution in [0.2, 0.25) is 0 Å². The summed E-state index contributed by atoms with van der Waals surface area (Å²) >= 11 is 0. The van der Waals surface area contributed by atoms with Gasteiger partial charge < -0.3 is 14.9 Å². The Kier molecular flexibility index (Phi) is 3.31. The molecule has 1 rings (SSSR count). The molecule has 13 heavy (non-hydrogen) atoms. The molecular weight excluding hydrogens is 172 g/mol. The van der Waals surface area contributed by atoms with E-state index >= 15 is 0 Å². The van der Waals surface area contributed by atoms with E-state index in [1.807, 2.05) is 0 Å². The van der Waals surface area contributed by atoms with E-state index < -0.39 is 12.1 Å². The summed E-state index contributed by atoms with van der Waals surface area (Å²) in [6.45, 7) is 1.99. The van der Waals surface area contributed by atoms with Crippen LogP contribution in [0.15, 0.2) is 11.3 Å². The summed E-state index contributed by atoms with van der Waals surface area (Å²) in [5.74, 6) is -0.733. The van der Waals surface area contributed by atoms with Crippen molar-refractivity contribution in [2.45, 2.75) is 32.3 Å². The zero-order valence-electron chi connectivity index (χ0n) is 7.62. The van der Waals surface area contributed by atoms with Crippen LogP contribution in [0, 0.1) is 0 Å². The van der Waals surface area contributed by atoms with Gasteiger partial charge in [0.2, 0.25) is 0 Å². The average Bonchev–Trinajstić information content (AvgIpc) is 2.10. The van der Waals surface area contributed by atoms with Crippen LogP contribution in [-0.2, 0) is 9.53 Å². The quantitative estimate of drug-likeness (QED) is 0.629. The molecule has 0 radical (unpaired) electrons. The minimum atomic E-state index is -0.895. The molecule has 0 aromatic carbocycles. The first-order chi connectivity index (χ1) is 6.16. The van der Waals surface area contributed by atoms with Crippen molar-refractivity contribution < 1.29 is 19.7 Å². The topological polar surface area (TPSA) is 66.8 Å². The zero-order valence-corrected chi connectivity index (χ0v) is 7.62. The highest BCUT2D eigenvalue weighted by Crippen LogP contribution is 2.24. The van der Waals surface area contributed by atoms with E-state index in [-0.39, 0.29) is 17.9 Å². The predicted octanol–water partition coefficient (Wildman–Crippen LogP) is 0.906. The maximum absolute atomic E-state index is 11.2. The summed E-state index contributed by atoms with van der Waals surface area (Å²) < 4.78 is 4.73. The molecule has 74 valence electrons. The average molecular weight is 186 g/mol. The van der Waals surface area contributed by atoms with Crippen LogP contribution in [0.4, 0.5) is 0 Å². The smallest absolute Gasteiger partial charge is 0.337 e. The second kappa shape index (κ2) is 4.28. The number of aliphatic hydroxyl groups excluding tert-OH is 2. The third-order valence-electron chi connectivity index (χ3n) is 2.05. The van der Waals surface area contributed by atoms with Crippen LogP contribution in [0.3, 0.4) is 0 Å². The van der Waals surface area contributed by atoms with Crippen LogP contribution in [0.1, 0.15) is 26.2 Å². The maximum atomic E-state index is 11.2. The lowest BCUT2D eigenvalue weighted by molar-refractivity contribution is -0.139. The molecule has 0 fully saturated rings. The standard InChI is InChI=1S/C9H14O4/c1-2-13-9(12)6-4-3-5-7(10)8(6)11/h7,10-11H,2-5H2,1H3. The highest BCUT2D eigenvalue weighted by Gasteiger charge is 2.25. The molecule has 2 N–H and O–H groups in total. The molecule has 0 aliphatic heterocycles. The van der Waals surface area contributed by atoms with Crippen molar-refractivity contribution in [3.8, 4) is 0 Å². The van der Waals surface area contributed by atoms with Crippen molar-refractivity contribution in [2.24, 2.45) is 0 Å². The van der Waals surface area contributed by atoms with E-state index in [4.69, 9.17) is 4.74 Å². The van der Waals surface area contributed by atoms with E-state index in [9.17, 15) is 15.0 Å². The fourth-order valence-corrected chi connectivity index (χ4v) is 1.36. The monoisotopic (exact) mass is 186 g/mol. The summed E-state index contributed by atoms with van der Waals surface area (Å²) in [6, 6.07) is 0. The number of carbonyl (C=O) groups is 1. The van der Waals surface area contributed by atoms with Crippen molar-refractivity contribution in [3.63, 3.8) is 0 Å². The molecular formula is C9H14O4. The van der Waals surface area contributed by atoms with Crippen LogP contribution in [-0.4, -0.2) is 28.9 Å². The third-order valence-corrected chi connectivity index (χ3v) is 2.05. The lowest BCUT2D eigenvalue weighted by Crippen LogP contribution is -2.22. The fourth-order valence-electron chi connectivity index (χ4n) is 1.36. The lowest BCUT2D eigenvalue weighted by Gasteiger charge is -2.19. The highest BCUT2D eigenvalue weighted by molar-refractivity contribution is 5.89. The molecule has 0 aromatic rings. The van der Waals surface area contributed by atoms with Gasteiger partial charge in [-0.05, 0) is 26.2 Å². The van der Waals surface area contributed by atoms with E-state index in [1.54, 1.807) is 6.92 Å². The molecule has 0 spiro atoms. The Balaban J connectivity index is 2.76. The predicted molar refractivity (Wildman–Crippen MR) is 46.1 cm³/mol. The normalized spacial score (nSPS) is 23.1. The van der Waals surface area contributed by atoms with E-state index in [2.05, 4.69) is 0 Å². The van der Waals surface area contributed by atoms with Gasteiger partial charge in [-0.1, -0.05) is 0 Å². The number of aliphatic hydroxyl groups is 2. The van der Waals surface area contributed by atoms with Crippen molar-refractivity contribution in [3.05, 3.63) is 11.3 Å². The SMILES string of the molecule is CCOC(=O)C1=C(O)C(O)CCC1. The molecule has 4 heteroatoms. The third kappa shape index (κ3) is 2.21. The Hall–Kier alpha value is -1.03. The van der Waals surface area contributed by atoms with Gasteiger partial charge in [-0.15, -0.1) is 0 Å². The molecule has 0 amide bonds. The minimum absolute atomic E-state index is 0.218. The van der Waals surface area contributed by atoms with Gasteiger partial charge in [0.25, 0.3) is 0 Å². The number of hydrogen-bond acceptors (Lipinski definition) is 4. The van der Waals surface area contributed by atoms with E-state index in [1.165, 1.54) is 0 Å². The van der Waals surface area contributed by atoms with Gasteiger partial charge in [0.1, 0.15) is 11.9 Å². The van der Waals surface area contributed by atoms with Gasteiger partial charge in [0.15, 0.2) is 0 Å². The zero-order chi connectivity index (χ0) is 9.84. The number of ether oxygens (including phenoxy) is 1. The van der Waals surface area contributed by atoms with Gasteiger partial charge in [-0.2, -0.15) is 0 Å². The highest BCUT2D eigenvalue weighted by atomic mass is 16.5. The van der Waals surface area contributed by atoms with Crippen LogP contribution < -0.4 is 0 Å². The molecule has 1 aliphatic carbocycles. The van der Waals surface area contributed by atoms with Gasteiger partial charge >= 0.3 is 5.97 Å². The summed E-state index contributed by atoms with van der Waals surface area (Å²) in [7, 11) is 0. The van der Waals surface area contributed by atoms with E-state index in [0.29, 0.717) is 19.3 Å². The largest absolute Gasteiger partial charge is 0.509 e. The first kappa shape index (κ1) is 10.1. The Labute approximate surface area is 76.8 Å². The molecule has 1 atom stereocenters. The molecule has 4 nitrogen and oxygen atoms in total. The number of rotatable bonds is 2. The first-order valence-corrected chi connectivity index (χ1v) is 4.44. The molecule has 0 bridgehead atoms. The fraction of sp³-hybridized carbons (Fsp3) is 0.667. The van der Waals surface area contributed by atoms with Crippen LogP contribution >= 0.6 is 0 Å². The summed E-state index contributed by atoms with van der Waals surface area (Å²) in [5.41, 5.74) is 0.223. The molecule has 1 aliphatic rings. The molecule has 0 aromatic heterocycles. The number of carbonyl (C=O) groups excluding carboxylic acids is 1. The van der Waals surface area contributed by atoms with Crippen molar-refractivity contribution in [1.82, 2.24) is 0 Å². The van der Waals surface area contributed by atoms with E-state index in [0.717, 1.165) is 0 Å². The Morgan fingerprint density at radius 3 is 3.00 bits per heavy atom. The summed E-state index contributed by atoms with van der Waals surface area (Å²) in [4.78, 5) is 11.2. The minimum Gasteiger partial charge on any atom is -0.509 e. The molecule has 0 heterocycles. The second-order valence-corrected chi connectivity index (χ2v) is 2.99. The van der Waals surface area contributed by atoms with Crippen LogP contribution in [0.25, 0.3) is 0 Å². The Morgan fingerprint density at radius 1 is 1.69 bits per heavy atom. The molecule has 0 saturated heterocycles.